The molecule has 2 N–H and O–H groups in total. The summed E-state index contributed by atoms with van der Waals surface area (Å²) in [5.74, 6) is 0.578. The summed E-state index contributed by atoms with van der Waals surface area (Å²) < 4.78 is 19.3. The van der Waals surface area contributed by atoms with Crippen molar-refractivity contribution in [3.8, 4) is 0 Å². The summed E-state index contributed by atoms with van der Waals surface area (Å²) in [6.45, 7) is 15.1. The fourth-order valence-electron chi connectivity index (χ4n) is 3.03. The zero-order valence-corrected chi connectivity index (χ0v) is 16.7. The van der Waals surface area contributed by atoms with Gasteiger partial charge in [-0.15, -0.1) is 0 Å². The largest absolute Gasteiger partial charge is 0.379 e. The first-order chi connectivity index (χ1) is 12.3. The Morgan fingerprint density at radius 3 is 2.65 bits per heavy atom. The smallest absolute Gasteiger partial charge is 0.191 e. The van der Waals surface area contributed by atoms with Gasteiger partial charge in [0.1, 0.15) is 5.82 Å². The summed E-state index contributed by atoms with van der Waals surface area (Å²) >= 11 is 0. The molecule has 1 fully saturated rings. The summed E-state index contributed by atoms with van der Waals surface area (Å²) in [6, 6.07) is 5.33. The van der Waals surface area contributed by atoms with E-state index in [1.54, 1.807) is 13.0 Å². The predicted octanol–water partition coefficient (Wildman–Crippen LogP) is 2.86. The van der Waals surface area contributed by atoms with Crippen molar-refractivity contribution in [2.75, 3.05) is 39.4 Å². The fourth-order valence-corrected chi connectivity index (χ4v) is 3.03. The van der Waals surface area contributed by atoms with Gasteiger partial charge in [-0.1, -0.05) is 12.1 Å². The fraction of sp³-hybridized carbons (Fsp3) is 0.650. The van der Waals surface area contributed by atoms with Crippen molar-refractivity contribution in [2.24, 2.45) is 4.99 Å². The Hall–Kier alpha value is -1.66. The number of guanidine groups is 1. The lowest BCUT2D eigenvalue weighted by molar-refractivity contribution is -0.00684. The van der Waals surface area contributed by atoms with Gasteiger partial charge in [0.15, 0.2) is 5.96 Å². The SMILES string of the molecule is CCNC(=NCC(C)(C)N1CCOCC1)NC(C)c1ccc(C)c(F)c1. The second kappa shape index (κ2) is 9.33. The molecule has 146 valence electrons. The van der Waals surface area contributed by atoms with Crippen molar-refractivity contribution in [3.63, 3.8) is 0 Å². The van der Waals surface area contributed by atoms with Gasteiger partial charge in [-0.3, -0.25) is 9.89 Å². The van der Waals surface area contributed by atoms with Crippen molar-refractivity contribution >= 4 is 5.96 Å². The van der Waals surface area contributed by atoms with Crippen LogP contribution in [-0.2, 0) is 4.74 Å². The first-order valence-corrected chi connectivity index (χ1v) is 9.47. The highest BCUT2D eigenvalue weighted by Crippen LogP contribution is 2.18. The quantitative estimate of drug-likeness (QED) is 0.602. The van der Waals surface area contributed by atoms with Crippen molar-refractivity contribution in [1.29, 1.82) is 0 Å². The molecule has 1 heterocycles. The van der Waals surface area contributed by atoms with Crippen LogP contribution in [0.1, 0.15) is 44.9 Å². The molecule has 0 amide bonds. The Bertz CT molecular complexity index is 612. The Labute approximate surface area is 157 Å². The Balaban J connectivity index is 2.04. The monoisotopic (exact) mass is 364 g/mol. The zero-order chi connectivity index (χ0) is 19.2. The van der Waals surface area contributed by atoms with E-state index >= 15 is 0 Å². The van der Waals surface area contributed by atoms with E-state index in [-0.39, 0.29) is 17.4 Å². The van der Waals surface area contributed by atoms with Gasteiger partial charge in [0.05, 0.1) is 25.8 Å². The first kappa shape index (κ1) is 20.6. The molecular weight excluding hydrogens is 331 g/mol. The third kappa shape index (κ3) is 5.68. The van der Waals surface area contributed by atoms with E-state index in [4.69, 9.17) is 9.73 Å². The molecule has 1 atom stereocenters. The van der Waals surface area contributed by atoms with Gasteiger partial charge < -0.3 is 15.4 Å². The van der Waals surface area contributed by atoms with Crippen LogP contribution >= 0.6 is 0 Å². The van der Waals surface area contributed by atoms with Gasteiger partial charge in [-0.25, -0.2) is 4.39 Å². The molecule has 1 aromatic carbocycles. The summed E-state index contributed by atoms with van der Waals surface area (Å²) in [5, 5.41) is 6.67. The van der Waals surface area contributed by atoms with Crippen molar-refractivity contribution in [3.05, 3.63) is 35.1 Å². The minimum atomic E-state index is -0.174. The van der Waals surface area contributed by atoms with Crippen LogP contribution < -0.4 is 10.6 Å². The Morgan fingerprint density at radius 2 is 2.04 bits per heavy atom. The summed E-state index contributed by atoms with van der Waals surface area (Å²) in [6.07, 6.45) is 0. The predicted molar refractivity (Wildman–Crippen MR) is 105 cm³/mol. The van der Waals surface area contributed by atoms with E-state index in [9.17, 15) is 4.39 Å². The van der Waals surface area contributed by atoms with E-state index in [2.05, 4.69) is 29.4 Å². The Morgan fingerprint density at radius 1 is 1.35 bits per heavy atom. The van der Waals surface area contributed by atoms with E-state index in [1.807, 2.05) is 26.0 Å². The molecule has 0 bridgehead atoms. The second-order valence-corrected chi connectivity index (χ2v) is 7.48. The maximum absolute atomic E-state index is 13.8. The molecule has 0 aliphatic carbocycles. The number of nitrogens with one attached hydrogen (secondary N) is 2. The highest BCUT2D eigenvalue weighted by Gasteiger charge is 2.28. The number of ether oxygens (including phenoxy) is 1. The molecule has 1 unspecified atom stereocenters. The van der Waals surface area contributed by atoms with Gasteiger partial charge in [0.25, 0.3) is 0 Å². The van der Waals surface area contributed by atoms with Crippen LogP contribution in [0.3, 0.4) is 0 Å². The molecule has 5 nitrogen and oxygen atoms in total. The number of rotatable bonds is 6. The third-order valence-corrected chi connectivity index (χ3v) is 4.88. The van der Waals surface area contributed by atoms with Gasteiger partial charge in [0.2, 0.25) is 0 Å². The molecule has 26 heavy (non-hydrogen) atoms. The number of nitrogens with zero attached hydrogens (tertiary/aromatic N) is 2. The average Bonchev–Trinajstić information content (AvgIpc) is 2.63. The van der Waals surface area contributed by atoms with Gasteiger partial charge in [-0.2, -0.15) is 0 Å². The summed E-state index contributed by atoms with van der Waals surface area (Å²) in [4.78, 5) is 7.20. The molecule has 6 heteroatoms. The van der Waals surface area contributed by atoms with Crippen molar-refractivity contribution in [1.82, 2.24) is 15.5 Å². The van der Waals surface area contributed by atoms with E-state index < -0.39 is 0 Å². The molecule has 0 spiro atoms. The maximum Gasteiger partial charge on any atom is 0.191 e. The molecule has 1 aromatic rings. The van der Waals surface area contributed by atoms with E-state index in [0.717, 1.165) is 44.4 Å². The summed E-state index contributed by atoms with van der Waals surface area (Å²) in [5.41, 5.74) is 1.53. The first-order valence-electron chi connectivity index (χ1n) is 9.47. The molecule has 2 rings (SSSR count). The van der Waals surface area contributed by atoms with Gasteiger partial charge >= 0.3 is 0 Å². The number of hydrogen-bond donors (Lipinski definition) is 2. The maximum atomic E-state index is 13.8. The van der Waals surface area contributed by atoms with Crippen LogP contribution in [0, 0.1) is 12.7 Å². The molecule has 1 aliphatic rings. The topological polar surface area (TPSA) is 48.9 Å². The molecule has 0 radical (unpaired) electrons. The standard InChI is InChI=1S/C20H33FN4O/c1-6-22-19(23-14-20(4,5)25-9-11-26-12-10-25)24-16(3)17-8-7-15(2)18(21)13-17/h7-8,13,16H,6,9-12,14H2,1-5H3,(H2,22,23,24). The van der Waals surface area contributed by atoms with Crippen LogP contribution in [0.2, 0.25) is 0 Å². The highest BCUT2D eigenvalue weighted by molar-refractivity contribution is 5.80. The van der Waals surface area contributed by atoms with Crippen LogP contribution in [0.4, 0.5) is 4.39 Å². The second-order valence-electron chi connectivity index (χ2n) is 7.48. The molecule has 0 aromatic heterocycles. The lowest BCUT2D eigenvalue weighted by Crippen LogP contribution is -2.52. The van der Waals surface area contributed by atoms with Crippen LogP contribution in [0.5, 0.6) is 0 Å². The Kier molecular flexibility index (Phi) is 7.41. The lowest BCUT2D eigenvalue weighted by Gasteiger charge is -2.40. The number of benzene rings is 1. The summed E-state index contributed by atoms with van der Waals surface area (Å²) in [7, 11) is 0. The normalized spacial score (nSPS) is 17.8. The number of halogens is 1. The zero-order valence-electron chi connectivity index (χ0n) is 16.7. The number of morpholine rings is 1. The van der Waals surface area contributed by atoms with Crippen LogP contribution in [0.15, 0.2) is 23.2 Å². The van der Waals surface area contributed by atoms with Crippen molar-refractivity contribution < 1.29 is 9.13 Å². The molecule has 0 saturated carbocycles. The van der Waals surface area contributed by atoms with Crippen LogP contribution in [0.25, 0.3) is 0 Å². The molecule has 1 saturated heterocycles. The van der Waals surface area contributed by atoms with Gasteiger partial charge in [0, 0.05) is 25.2 Å². The van der Waals surface area contributed by atoms with Crippen LogP contribution in [-0.4, -0.2) is 55.8 Å². The third-order valence-electron chi connectivity index (χ3n) is 4.88. The minimum Gasteiger partial charge on any atom is -0.379 e. The molecular formula is C20H33FN4O. The van der Waals surface area contributed by atoms with E-state index in [1.165, 1.54) is 0 Å². The number of hydrogen-bond acceptors (Lipinski definition) is 3. The molecule has 1 aliphatic heterocycles. The number of aryl methyl sites for hydroxylation is 1. The van der Waals surface area contributed by atoms with Gasteiger partial charge in [-0.05, 0) is 51.8 Å². The number of aliphatic imine (C=N–C) groups is 1. The van der Waals surface area contributed by atoms with Crippen molar-refractivity contribution in [2.45, 2.75) is 46.2 Å². The lowest BCUT2D eigenvalue weighted by atomic mass is 10.0. The van der Waals surface area contributed by atoms with E-state index in [0.29, 0.717) is 12.1 Å². The average molecular weight is 365 g/mol. The minimum absolute atomic E-state index is 0.0330. The highest BCUT2D eigenvalue weighted by atomic mass is 19.1.